The average Bonchev–Trinajstić information content (AvgIpc) is 2.48. The molecule has 2 aromatic carbocycles. The maximum atomic E-state index is 12.8. The summed E-state index contributed by atoms with van der Waals surface area (Å²) in [4.78, 5) is 22.4. The van der Waals surface area contributed by atoms with E-state index in [-0.39, 0.29) is 35.0 Å². The van der Waals surface area contributed by atoms with Crippen LogP contribution < -0.4 is 4.74 Å². The Labute approximate surface area is 120 Å². The Balaban J connectivity index is 2.25. The standard InChI is InChI=1S/C15H12FNO4/c1-21-15-7-4-11(9-13(15)17(19)20)14(18)8-10-2-5-12(16)6-3-10/h2-7,9H,8H2,1H3. The van der Waals surface area contributed by atoms with Crippen LogP contribution in [-0.4, -0.2) is 17.8 Å². The second kappa shape index (κ2) is 6.13. The molecule has 108 valence electrons. The van der Waals surface area contributed by atoms with Gasteiger partial charge in [-0.3, -0.25) is 14.9 Å². The Kier molecular flexibility index (Phi) is 4.27. The molecule has 0 spiro atoms. The van der Waals surface area contributed by atoms with Gasteiger partial charge in [0.05, 0.1) is 12.0 Å². The first-order chi connectivity index (χ1) is 10.0. The molecule has 0 radical (unpaired) electrons. The first-order valence-corrected chi connectivity index (χ1v) is 6.11. The number of hydrogen-bond donors (Lipinski definition) is 0. The Morgan fingerprint density at radius 1 is 1.24 bits per heavy atom. The molecular formula is C15H12FNO4. The van der Waals surface area contributed by atoms with Crippen LogP contribution in [0, 0.1) is 15.9 Å². The van der Waals surface area contributed by atoms with Crippen molar-refractivity contribution in [2.24, 2.45) is 0 Å². The minimum absolute atomic E-state index is 0.0454. The van der Waals surface area contributed by atoms with Crippen molar-refractivity contribution in [3.05, 3.63) is 69.5 Å². The summed E-state index contributed by atoms with van der Waals surface area (Å²) in [7, 11) is 1.32. The summed E-state index contributed by atoms with van der Waals surface area (Å²) in [6.07, 6.45) is 0.0454. The first kappa shape index (κ1) is 14.6. The molecule has 0 aliphatic carbocycles. The van der Waals surface area contributed by atoms with Gasteiger partial charge in [0, 0.05) is 18.1 Å². The zero-order chi connectivity index (χ0) is 15.4. The molecule has 0 N–H and O–H groups in total. The van der Waals surface area contributed by atoms with E-state index in [0.29, 0.717) is 5.56 Å². The summed E-state index contributed by atoms with van der Waals surface area (Å²) < 4.78 is 17.7. The molecule has 0 heterocycles. The zero-order valence-corrected chi connectivity index (χ0v) is 11.2. The number of carbonyl (C=O) groups excluding carboxylic acids is 1. The van der Waals surface area contributed by atoms with Crippen LogP contribution in [0.15, 0.2) is 42.5 Å². The fraction of sp³-hybridized carbons (Fsp3) is 0.133. The Hall–Kier alpha value is -2.76. The highest BCUT2D eigenvalue weighted by Gasteiger charge is 2.18. The molecule has 0 atom stereocenters. The molecule has 0 amide bonds. The molecule has 5 nitrogen and oxygen atoms in total. The van der Waals surface area contributed by atoms with Crippen molar-refractivity contribution in [1.29, 1.82) is 0 Å². The second-order valence-corrected chi connectivity index (χ2v) is 4.37. The minimum Gasteiger partial charge on any atom is -0.490 e. The molecule has 0 aliphatic rings. The number of nitrogens with zero attached hydrogens (tertiary/aromatic N) is 1. The molecule has 0 bridgehead atoms. The van der Waals surface area contributed by atoms with Gasteiger partial charge in [-0.25, -0.2) is 4.39 Å². The van der Waals surface area contributed by atoms with E-state index in [1.54, 1.807) is 0 Å². The van der Waals surface area contributed by atoms with Crippen LogP contribution >= 0.6 is 0 Å². The van der Waals surface area contributed by atoms with Gasteiger partial charge in [-0.2, -0.15) is 0 Å². The smallest absolute Gasteiger partial charge is 0.311 e. The van der Waals surface area contributed by atoms with Crippen LogP contribution in [0.2, 0.25) is 0 Å². The summed E-state index contributed by atoms with van der Waals surface area (Å²) in [5, 5.41) is 10.9. The van der Waals surface area contributed by atoms with Gasteiger partial charge < -0.3 is 4.74 Å². The minimum atomic E-state index is -0.604. The highest BCUT2D eigenvalue weighted by Crippen LogP contribution is 2.28. The third kappa shape index (κ3) is 3.42. The van der Waals surface area contributed by atoms with Gasteiger partial charge >= 0.3 is 5.69 Å². The Morgan fingerprint density at radius 2 is 1.90 bits per heavy atom. The van der Waals surface area contributed by atoms with Gasteiger partial charge in [-0.15, -0.1) is 0 Å². The lowest BCUT2D eigenvalue weighted by Crippen LogP contribution is -2.05. The summed E-state index contributed by atoms with van der Waals surface area (Å²) in [5.41, 5.74) is 0.592. The first-order valence-electron chi connectivity index (χ1n) is 6.11. The number of methoxy groups -OCH3 is 1. The van der Waals surface area contributed by atoms with Gasteiger partial charge in [0.1, 0.15) is 5.82 Å². The van der Waals surface area contributed by atoms with Crippen LogP contribution in [0.4, 0.5) is 10.1 Å². The lowest BCUT2D eigenvalue weighted by Gasteiger charge is -2.05. The summed E-state index contributed by atoms with van der Waals surface area (Å²) in [6, 6.07) is 9.58. The van der Waals surface area contributed by atoms with Crippen LogP contribution in [0.1, 0.15) is 15.9 Å². The fourth-order valence-corrected chi connectivity index (χ4v) is 1.90. The van der Waals surface area contributed by atoms with Crippen LogP contribution in [0.3, 0.4) is 0 Å². The zero-order valence-electron chi connectivity index (χ0n) is 11.2. The van der Waals surface area contributed by atoms with E-state index in [4.69, 9.17) is 4.74 Å². The fourth-order valence-electron chi connectivity index (χ4n) is 1.90. The van der Waals surface area contributed by atoms with E-state index in [2.05, 4.69) is 0 Å². The number of halogens is 1. The van der Waals surface area contributed by atoms with Crippen LogP contribution in [0.5, 0.6) is 5.75 Å². The van der Waals surface area contributed by atoms with Crippen molar-refractivity contribution in [2.45, 2.75) is 6.42 Å². The lowest BCUT2D eigenvalue weighted by molar-refractivity contribution is -0.385. The SMILES string of the molecule is COc1ccc(C(=O)Cc2ccc(F)cc2)cc1[N+](=O)[O-]. The Bertz CT molecular complexity index is 683. The number of ether oxygens (including phenoxy) is 1. The third-order valence-corrected chi connectivity index (χ3v) is 2.98. The number of nitro groups is 1. The number of rotatable bonds is 5. The lowest BCUT2D eigenvalue weighted by atomic mass is 10.0. The van der Waals surface area contributed by atoms with Gasteiger partial charge in [-0.05, 0) is 29.8 Å². The molecule has 2 aromatic rings. The van der Waals surface area contributed by atoms with E-state index in [1.165, 1.54) is 49.6 Å². The maximum Gasteiger partial charge on any atom is 0.311 e. The molecule has 0 saturated carbocycles. The van der Waals surface area contributed by atoms with Gasteiger partial charge in [0.25, 0.3) is 0 Å². The van der Waals surface area contributed by atoms with Gasteiger partial charge in [0.15, 0.2) is 11.5 Å². The topological polar surface area (TPSA) is 69.4 Å². The predicted octanol–water partition coefficient (Wildman–Crippen LogP) is 3.17. The number of hydrogen-bond acceptors (Lipinski definition) is 4. The van der Waals surface area contributed by atoms with Crippen LogP contribution in [-0.2, 0) is 6.42 Å². The molecule has 2 rings (SSSR count). The van der Waals surface area contributed by atoms with E-state index in [9.17, 15) is 19.3 Å². The predicted molar refractivity (Wildman–Crippen MR) is 74.1 cm³/mol. The maximum absolute atomic E-state index is 12.8. The molecule has 0 aliphatic heterocycles. The van der Waals surface area contributed by atoms with E-state index in [1.807, 2.05) is 0 Å². The highest BCUT2D eigenvalue weighted by atomic mass is 19.1. The van der Waals surface area contributed by atoms with Gasteiger partial charge in [0.2, 0.25) is 0 Å². The number of ketones is 1. The number of Topliss-reactive ketones (excluding diaryl/α,β-unsaturated/α-hetero) is 1. The van der Waals surface area contributed by atoms with E-state index < -0.39 is 4.92 Å². The van der Waals surface area contributed by atoms with Crippen molar-refractivity contribution in [2.75, 3.05) is 7.11 Å². The summed E-state index contributed by atoms with van der Waals surface area (Å²) >= 11 is 0. The number of benzene rings is 2. The molecule has 0 unspecified atom stereocenters. The number of nitro benzene ring substituents is 1. The summed E-state index contributed by atoms with van der Waals surface area (Å²) in [6.45, 7) is 0. The van der Waals surface area contributed by atoms with Crippen molar-refractivity contribution >= 4 is 11.5 Å². The molecule has 0 saturated heterocycles. The molecule has 0 fully saturated rings. The summed E-state index contributed by atoms with van der Waals surface area (Å²) in [5.74, 6) is -0.572. The molecule has 6 heteroatoms. The second-order valence-electron chi connectivity index (χ2n) is 4.37. The monoisotopic (exact) mass is 289 g/mol. The van der Waals surface area contributed by atoms with Crippen molar-refractivity contribution in [1.82, 2.24) is 0 Å². The molecular weight excluding hydrogens is 277 g/mol. The number of carbonyl (C=O) groups is 1. The van der Waals surface area contributed by atoms with E-state index >= 15 is 0 Å². The quantitative estimate of drug-likeness (QED) is 0.481. The third-order valence-electron chi connectivity index (χ3n) is 2.98. The Morgan fingerprint density at radius 3 is 2.48 bits per heavy atom. The van der Waals surface area contributed by atoms with Crippen LogP contribution in [0.25, 0.3) is 0 Å². The highest BCUT2D eigenvalue weighted by molar-refractivity contribution is 5.98. The largest absolute Gasteiger partial charge is 0.490 e. The molecule has 21 heavy (non-hydrogen) atoms. The van der Waals surface area contributed by atoms with Crippen molar-refractivity contribution in [3.63, 3.8) is 0 Å². The average molecular weight is 289 g/mol. The van der Waals surface area contributed by atoms with Gasteiger partial charge in [-0.1, -0.05) is 12.1 Å². The normalized spacial score (nSPS) is 10.2. The van der Waals surface area contributed by atoms with Crippen molar-refractivity contribution < 1.29 is 18.8 Å². The molecule has 0 aromatic heterocycles. The van der Waals surface area contributed by atoms with Crippen molar-refractivity contribution in [3.8, 4) is 5.75 Å². The van der Waals surface area contributed by atoms with E-state index in [0.717, 1.165) is 0 Å².